The van der Waals surface area contributed by atoms with Crippen molar-refractivity contribution in [2.75, 3.05) is 5.73 Å². The van der Waals surface area contributed by atoms with E-state index in [1.807, 2.05) is 5.38 Å². The fourth-order valence-corrected chi connectivity index (χ4v) is 2.26. The highest BCUT2D eigenvalue weighted by molar-refractivity contribution is 7.12. The molecule has 16 heavy (non-hydrogen) atoms. The average molecular weight is 233 g/mol. The molecule has 0 spiro atoms. The van der Waals surface area contributed by atoms with Crippen LogP contribution < -0.4 is 5.73 Å². The maximum absolute atomic E-state index is 11.2. The Morgan fingerprint density at radius 1 is 1.38 bits per heavy atom. The molecule has 0 unspecified atom stereocenters. The summed E-state index contributed by atoms with van der Waals surface area (Å²) in [5, 5.41) is 11.6. The SMILES string of the molecule is CC(=O)c1cc(-c2ccc(N)cc2O)cs1. The summed E-state index contributed by atoms with van der Waals surface area (Å²) in [6, 6.07) is 6.75. The van der Waals surface area contributed by atoms with E-state index in [4.69, 9.17) is 5.73 Å². The normalized spacial score (nSPS) is 10.3. The van der Waals surface area contributed by atoms with E-state index >= 15 is 0 Å². The van der Waals surface area contributed by atoms with Crippen molar-refractivity contribution in [3.05, 3.63) is 34.5 Å². The smallest absolute Gasteiger partial charge is 0.169 e. The number of hydrogen-bond acceptors (Lipinski definition) is 4. The molecule has 0 saturated carbocycles. The third kappa shape index (κ3) is 1.92. The van der Waals surface area contributed by atoms with Gasteiger partial charge in [0.2, 0.25) is 0 Å². The summed E-state index contributed by atoms with van der Waals surface area (Å²) < 4.78 is 0. The second kappa shape index (κ2) is 3.98. The number of rotatable bonds is 2. The number of thiophene rings is 1. The van der Waals surface area contributed by atoms with Crippen molar-refractivity contribution in [3.8, 4) is 16.9 Å². The first-order valence-corrected chi connectivity index (χ1v) is 5.64. The summed E-state index contributed by atoms with van der Waals surface area (Å²) >= 11 is 1.37. The molecule has 1 aromatic heterocycles. The van der Waals surface area contributed by atoms with Crippen molar-refractivity contribution >= 4 is 22.8 Å². The van der Waals surface area contributed by atoms with Crippen LogP contribution in [0, 0.1) is 0 Å². The van der Waals surface area contributed by atoms with E-state index in [2.05, 4.69) is 0 Å². The molecule has 0 atom stereocenters. The molecule has 0 amide bonds. The largest absolute Gasteiger partial charge is 0.507 e. The molecule has 3 nitrogen and oxygen atoms in total. The molecule has 82 valence electrons. The third-order valence-electron chi connectivity index (χ3n) is 2.28. The first-order chi connectivity index (χ1) is 7.58. The zero-order valence-electron chi connectivity index (χ0n) is 8.73. The van der Waals surface area contributed by atoms with Crippen molar-refractivity contribution < 1.29 is 9.90 Å². The van der Waals surface area contributed by atoms with E-state index in [-0.39, 0.29) is 11.5 Å². The Labute approximate surface area is 97.2 Å². The lowest BCUT2D eigenvalue weighted by atomic mass is 10.1. The van der Waals surface area contributed by atoms with Crippen LogP contribution in [-0.4, -0.2) is 10.9 Å². The Morgan fingerprint density at radius 2 is 2.12 bits per heavy atom. The number of carbonyl (C=O) groups is 1. The molecule has 0 aliphatic heterocycles. The predicted octanol–water partition coefficient (Wildman–Crippen LogP) is 2.91. The predicted molar refractivity (Wildman–Crippen MR) is 65.8 cm³/mol. The van der Waals surface area contributed by atoms with Crippen molar-refractivity contribution in [2.45, 2.75) is 6.92 Å². The number of nitrogen functional groups attached to an aromatic ring is 1. The van der Waals surface area contributed by atoms with E-state index in [1.54, 1.807) is 18.2 Å². The molecule has 1 aromatic carbocycles. The molecule has 4 heteroatoms. The molecule has 2 aromatic rings. The lowest BCUT2D eigenvalue weighted by molar-refractivity contribution is 0.102. The van der Waals surface area contributed by atoms with Gasteiger partial charge in [-0.2, -0.15) is 0 Å². The van der Waals surface area contributed by atoms with Gasteiger partial charge in [-0.25, -0.2) is 0 Å². The molecule has 1 heterocycles. The summed E-state index contributed by atoms with van der Waals surface area (Å²) in [5.41, 5.74) is 7.60. The van der Waals surface area contributed by atoms with Gasteiger partial charge in [0.15, 0.2) is 5.78 Å². The lowest BCUT2D eigenvalue weighted by Crippen LogP contribution is -1.86. The topological polar surface area (TPSA) is 63.3 Å². The van der Waals surface area contributed by atoms with Gasteiger partial charge in [-0.1, -0.05) is 0 Å². The molecule has 0 radical (unpaired) electrons. The molecule has 2 rings (SSSR count). The minimum Gasteiger partial charge on any atom is -0.507 e. The minimum absolute atomic E-state index is 0.0335. The van der Waals surface area contributed by atoms with Crippen LogP contribution in [0.2, 0.25) is 0 Å². The second-order valence-electron chi connectivity index (χ2n) is 3.53. The molecule has 3 N–H and O–H groups in total. The van der Waals surface area contributed by atoms with E-state index < -0.39 is 0 Å². The van der Waals surface area contributed by atoms with Gasteiger partial charge in [0.1, 0.15) is 5.75 Å². The quantitative estimate of drug-likeness (QED) is 0.619. The van der Waals surface area contributed by atoms with Crippen molar-refractivity contribution in [1.82, 2.24) is 0 Å². The minimum atomic E-state index is 0.0335. The number of phenolic OH excluding ortho intramolecular Hbond substituents is 1. The molecule has 0 bridgehead atoms. The van der Waals surface area contributed by atoms with Crippen LogP contribution in [0.15, 0.2) is 29.6 Å². The van der Waals surface area contributed by atoms with Crippen LogP contribution in [0.3, 0.4) is 0 Å². The molecule has 0 aliphatic rings. The highest BCUT2D eigenvalue weighted by atomic mass is 32.1. The summed E-state index contributed by atoms with van der Waals surface area (Å²) in [4.78, 5) is 11.8. The number of benzene rings is 1. The fourth-order valence-electron chi connectivity index (χ4n) is 1.45. The van der Waals surface area contributed by atoms with Crippen molar-refractivity contribution in [2.24, 2.45) is 0 Å². The third-order valence-corrected chi connectivity index (χ3v) is 3.31. The summed E-state index contributed by atoms with van der Waals surface area (Å²) in [6.45, 7) is 1.53. The zero-order chi connectivity index (χ0) is 11.7. The highest BCUT2D eigenvalue weighted by Crippen LogP contribution is 2.33. The van der Waals surface area contributed by atoms with E-state index in [0.717, 1.165) is 5.56 Å². The Balaban J connectivity index is 2.46. The number of anilines is 1. The average Bonchev–Trinajstić information content (AvgIpc) is 2.66. The highest BCUT2D eigenvalue weighted by Gasteiger charge is 2.09. The number of hydrogen-bond donors (Lipinski definition) is 2. The first kappa shape index (κ1) is 10.7. The standard InChI is InChI=1S/C12H11NO2S/c1-7(14)12-4-8(6-16-12)10-3-2-9(13)5-11(10)15/h2-6,15H,13H2,1H3. The van der Waals surface area contributed by atoms with E-state index in [0.29, 0.717) is 16.1 Å². The first-order valence-electron chi connectivity index (χ1n) is 4.76. The number of Topliss-reactive ketones (excluding diaryl/α,β-unsaturated/α-hetero) is 1. The fraction of sp³-hybridized carbons (Fsp3) is 0.0833. The van der Waals surface area contributed by atoms with E-state index in [9.17, 15) is 9.90 Å². The maximum Gasteiger partial charge on any atom is 0.169 e. The van der Waals surface area contributed by atoms with Crippen LogP contribution in [0.25, 0.3) is 11.1 Å². The van der Waals surface area contributed by atoms with Gasteiger partial charge in [0, 0.05) is 17.3 Å². The molecular weight excluding hydrogens is 222 g/mol. The van der Waals surface area contributed by atoms with Gasteiger partial charge < -0.3 is 10.8 Å². The van der Waals surface area contributed by atoms with Gasteiger partial charge in [-0.05, 0) is 36.1 Å². The number of carbonyl (C=O) groups excluding carboxylic acids is 1. The van der Waals surface area contributed by atoms with Gasteiger partial charge in [-0.15, -0.1) is 11.3 Å². The zero-order valence-corrected chi connectivity index (χ0v) is 9.54. The van der Waals surface area contributed by atoms with Crippen LogP contribution in [-0.2, 0) is 0 Å². The number of nitrogens with two attached hydrogens (primary N) is 1. The molecular formula is C12H11NO2S. The summed E-state index contributed by atoms with van der Waals surface area (Å²) in [6.07, 6.45) is 0. The maximum atomic E-state index is 11.2. The molecule has 0 saturated heterocycles. The number of aromatic hydroxyl groups is 1. The van der Waals surface area contributed by atoms with Gasteiger partial charge in [-0.3, -0.25) is 4.79 Å². The Morgan fingerprint density at radius 3 is 2.69 bits per heavy atom. The molecule has 0 aliphatic carbocycles. The van der Waals surface area contributed by atoms with Crippen LogP contribution >= 0.6 is 11.3 Å². The Kier molecular flexibility index (Phi) is 2.66. The van der Waals surface area contributed by atoms with E-state index in [1.165, 1.54) is 24.3 Å². The Hall–Kier alpha value is -1.81. The van der Waals surface area contributed by atoms with Crippen molar-refractivity contribution in [3.63, 3.8) is 0 Å². The second-order valence-corrected chi connectivity index (χ2v) is 4.44. The van der Waals surface area contributed by atoms with Gasteiger partial charge in [0.25, 0.3) is 0 Å². The summed E-state index contributed by atoms with van der Waals surface area (Å²) in [7, 11) is 0. The summed E-state index contributed by atoms with van der Waals surface area (Å²) in [5.74, 6) is 0.166. The number of ketones is 1. The van der Waals surface area contributed by atoms with Crippen LogP contribution in [0.5, 0.6) is 5.75 Å². The lowest BCUT2D eigenvalue weighted by Gasteiger charge is -2.02. The van der Waals surface area contributed by atoms with Crippen molar-refractivity contribution in [1.29, 1.82) is 0 Å². The van der Waals surface area contributed by atoms with Crippen LogP contribution in [0.1, 0.15) is 16.6 Å². The Bertz CT molecular complexity index is 546. The van der Waals surface area contributed by atoms with Gasteiger partial charge >= 0.3 is 0 Å². The molecule has 0 fully saturated rings. The van der Waals surface area contributed by atoms with Crippen LogP contribution in [0.4, 0.5) is 5.69 Å². The number of phenols is 1. The monoisotopic (exact) mass is 233 g/mol. The van der Waals surface area contributed by atoms with Gasteiger partial charge in [0.05, 0.1) is 4.88 Å².